The van der Waals surface area contributed by atoms with Gasteiger partial charge in [0.25, 0.3) is 11.1 Å². The molecule has 4 aromatic heterocycles. The van der Waals surface area contributed by atoms with Crippen molar-refractivity contribution < 1.29 is 18.7 Å². The van der Waals surface area contributed by atoms with Crippen LogP contribution in [0, 0.1) is 11.6 Å². The van der Waals surface area contributed by atoms with Gasteiger partial charge in [0, 0.05) is 31.8 Å². The third-order valence-electron chi connectivity index (χ3n) is 4.58. The number of hydrogen-bond acceptors (Lipinski definition) is 6. The Kier molecular flexibility index (Phi) is 5.79. The predicted molar refractivity (Wildman–Crippen MR) is 105 cm³/mol. The minimum Gasteiger partial charge on any atom is -0.391 e. The van der Waals surface area contributed by atoms with Gasteiger partial charge >= 0.3 is 0 Å². The first kappa shape index (κ1) is 20.9. The molecule has 4 rings (SSSR count). The standard InChI is InChI=1S/C10H9FN2O2.C10H7FN2O2/c2*1-13-9(15)3-2-8-10(13)6(5-14)7(11)4-12-8/h2-4,14H,5H2,1H3;2-5H,1H3. The summed E-state index contributed by atoms with van der Waals surface area (Å²) in [6.07, 6.45) is 2.40. The summed E-state index contributed by atoms with van der Waals surface area (Å²) in [7, 11) is 2.99. The number of aliphatic hydroxyl groups excluding tert-OH is 1. The van der Waals surface area contributed by atoms with E-state index in [-0.39, 0.29) is 27.8 Å². The monoisotopic (exact) mass is 414 g/mol. The summed E-state index contributed by atoms with van der Waals surface area (Å²) in [4.78, 5) is 41.0. The summed E-state index contributed by atoms with van der Waals surface area (Å²) in [5.41, 5.74) is 0.855. The largest absolute Gasteiger partial charge is 0.391 e. The van der Waals surface area contributed by atoms with E-state index in [2.05, 4.69) is 9.97 Å². The number of fused-ring (bicyclic) bond motifs is 2. The molecule has 0 aliphatic heterocycles. The van der Waals surface area contributed by atoms with Crippen LogP contribution in [-0.4, -0.2) is 30.5 Å². The Morgan fingerprint density at radius 2 is 1.40 bits per heavy atom. The maximum atomic E-state index is 13.3. The van der Waals surface area contributed by atoms with Crippen LogP contribution in [0.1, 0.15) is 15.9 Å². The molecule has 8 nitrogen and oxygen atoms in total. The second kappa shape index (κ2) is 8.29. The molecule has 0 aliphatic rings. The molecule has 0 fully saturated rings. The first-order valence-electron chi connectivity index (χ1n) is 8.63. The summed E-state index contributed by atoms with van der Waals surface area (Å²) in [5, 5.41) is 9.05. The highest BCUT2D eigenvalue weighted by Gasteiger charge is 2.11. The average molecular weight is 414 g/mol. The van der Waals surface area contributed by atoms with E-state index in [4.69, 9.17) is 5.11 Å². The highest BCUT2D eigenvalue weighted by atomic mass is 19.1. The van der Waals surface area contributed by atoms with Crippen molar-refractivity contribution in [2.45, 2.75) is 6.61 Å². The Hall–Kier alpha value is -3.79. The highest BCUT2D eigenvalue weighted by molar-refractivity contribution is 5.94. The molecule has 0 aliphatic carbocycles. The SMILES string of the molecule is Cn1c(=O)ccc2ncc(F)c(C=O)c21.Cn1c(=O)ccc2ncc(F)c(CO)c21. The number of aryl methyl sites for hydroxylation is 2. The molecule has 0 bridgehead atoms. The van der Waals surface area contributed by atoms with Gasteiger partial charge in [0.15, 0.2) is 12.1 Å². The maximum Gasteiger partial charge on any atom is 0.250 e. The van der Waals surface area contributed by atoms with Crippen LogP contribution in [0.4, 0.5) is 8.78 Å². The van der Waals surface area contributed by atoms with Crippen LogP contribution in [0.5, 0.6) is 0 Å². The van der Waals surface area contributed by atoms with Crippen LogP contribution in [0.2, 0.25) is 0 Å². The van der Waals surface area contributed by atoms with E-state index >= 15 is 0 Å². The van der Waals surface area contributed by atoms with Crippen LogP contribution >= 0.6 is 0 Å². The molecule has 154 valence electrons. The fourth-order valence-corrected chi connectivity index (χ4v) is 3.02. The van der Waals surface area contributed by atoms with Gasteiger partial charge in [0.2, 0.25) is 0 Å². The Bertz CT molecular complexity index is 1400. The number of pyridine rings is 4. The van der Waals surface area contributed by atoms with Crippen LogP contribution in [0.3, 0.4) is 0 Å². The van der Waals surface area contributed by atoms with Crippen LogP contribution in [-0.2, 0) is 20.7 Å². The smallest absolute Gasteiger partial charge is 0.250 e. The molecule has 1 N–H and O–H groups in total. The molecule has 0 atom stereocenters. The molecular formula is C20H16F2N4O4. The predicted octanol–water partition coefficient (Wildman–Crippen LogP) is 1.45. The summed E-state index contributed by atoms with van der Waals surface area (Å²) in [6, 6.07) is 5.65. The first-order valence-corrected chi connectivity index (χ1v) is 8.63. The van der Waals surface area contributed by atoms with Gasteiger partial charge in [-0.3, -0.25) is 24.4 Å². The summed E-state index contributed by atoms with van der Waals surface area (Å²) in [5.74, 6) is -1.33. The molecule has 4 heterocycles. The molecule has 10 heteroatoms. The van der Waals surface area contributed by atoms with Crippen molar-refractivity contribution in [3.63, 3.8) is 0 Å². The molecule has 0 spiro atoms. The van der Waals surface area contributed by atoms with Crippen molar-refractivity contribution in [3.8, 4) is 0 Å². The number of rotatable bonds is 2. The van der Waals surface area contributed by atoms with E-state index in [9.17, 15) is 23.2 Å². The van der Waals surface area contributed by atoms with Crippen molar-refractivity contribution in [3.05, 3.63) is 80.1 Å². The van der Waals surface area contributed by atoms with E-state index < -0.39 is 18.2 Å². The lowest BCUT2D eigenvalue weighted by molar-refractivity contribution is 0.112. The number of carbonyl (C=O) groups is 1. The fourth-order valence-electron chi connectivity index (χ4n) is 3.02. The second-order valence-electron chi connectivity index (χ2n) is 6.31. The van der Waals surface area contributed by atoms with Crippen molar-refractivity contribution >= 4 is 28.4 Å². The number of carbonyl (C=O) groups excluding carboxylic acids is 1. The Morgan fingerprint density at radius 1 is 0.900 bits per heavy atom. The molecule has 0 saturated carbocycles. The van der Waals surface area contributed by atoms with E-state index in [1.807, 2.05) is 0 Å². The van der Waals surface area contributed by atoms with Crippen LogP contribution in [0.15, 0.2) is 46.2 Å². The molecule has 0 unspecified atom stereocenters. The van der Waals surface area contributed by atoms with Gasteiger partial charge in [-0.15, -0.1) is 0 Å². The van der Waals surface area contributed by atoms with Gasteiger partial charge in [-0.25, -0.2) is 8.78 Å². The van der Waals surface area contributed by atoms with Crippen molar-refractivity contribution in [2.75, 3.05) is 0 Å². The van der Waals surface area contributed by atoms with Gasteiger partial charge in [-0.05, 0) is 12.1 Å². The number of nitrogens with zero attached hydrogens (tertiary/aromatic N) is 4. The molecule has 0 amide bonds. The van der Waals surface area contributed by atoms with Crippen LogP contribution in [0.25, 0.3) is 22.1 Å². The first-order chi connectivity index (χ1) is 14.3. The number of aldehydes is 1. The lowest BCUT2D eigenvalue weighted by Gasteiger charge is -2.08. The zero-order valence-corrected chi connectivity index (χ0v) is 16.0. The summed E-state index contributed by atoms with van der Waals surface area (Å²) < 4.78 is 29.0. The summed E-state index contributed by atoms with van der Waals surface area (Å²) >= 11 is 0. The van der Waals surface area contributed by atoms with Crippen LogP contribution < -0.4 is 11.1 Å². The number of aliphatic hydroxyl groups is 1. The van der Waals surface area contributed by atoms with E-state index in [0.717, 1.165) is 12.4 Å². The highest BCUT2D eigenvalue weighted by Crippen LogP contribution is 2.17. The fraction of sp³-hybridized carbons (Fsp3) is 0.150. The number of hydrogen-bond donors (Lipinski definition) is 1. The van der Waals surface area contributed by atoms with Gasteiger partial charge in [0.05, 0.1) is 46.6 Å². The quantitative estimate of drug-likeness (QED) is 0.498. The molecule has 0 radical (unpaired) electrons. The second-order valence-corrected chi connectivity index (χ2v) is 6.31. The number of halogens is 2. The Balaban J connectivity index is 0.000000171. The molecule has 0 aromatic carbocycles. The minimum atomic E-state index is -0.723. The third-order valence-corrected chi connectivity index (χ3v) is 4.58. The zero-order chi connectivity index (χ0) is 22.0. The average Bonchev–Trinajstić information content (AvgIpc) is 2.74. The van der Waals surface area contributed by atoms with Gasteiger partial charge in [-0.2, -0.15) is 0 Å². The summed E-state index contributed by atoms with van der Waals surface area (Å²) in [6.45, 7) is -0.456. The van der Waals surface area contributed by atoms with Crippen molar-refractivity contribution in [1.82, 2.24) is 19.1 Å². The van der Waals surface area contributed by atoms with Crippen molar-refractivity contribution in [1.29, 1.82) is 0 Å². The van der Waals surface area contributed by atoms with Gasteiger partial charge in [0.1, 0.15) is 5.82 Å². The molecular weight excluding hydrogens is 398 g/mol. The lowest BCUT2D eigenvalue weighted by Crippen LogP contribution is -2.17. The van der Waals surface area contributed by atoms with Gasteiger partial charge < -0.3 is 14.2 Å². The Labute approximate surface area is 167 Å². The number of aromatic nitrogens is 4. The van der Waals surface area contributed by atoms with E-state index in [1.165, 1.54) is 47.5 Å². The topological polar surface area (TPSA) is 107 Å². The lowest BCUT2D eigenvalue weighted by atomic mass is 10.2. The maximum absolute atomic E-state index is 13.3. The zero-order valence-electron chi connectivity index (χ0n) is 16.0. The Morgan fingerprint density at radius 3 is 1.93 bits per heavy atom. The van der Waals surface area contributed by atoms with E-state index in [0.29, 0.717) is 22.8 Å². The van der Waals surface area contributed by atoms with E-state index in [1.54, 1.807) is 0 Å². The van der Waals surface area contributed by atoms with Gasteiger partial charge in [-0.1, -0.05) is 0 Å². The molecule has 0 saturated heterocycles. The van der Waals surface area contributed by atoms with Crippen molar-refractivity contribution in [2.24, 2.45) is 14.1 Å². The normalized spacial score (nSPS) is 10.7. The third kappa shape index (κ3) is 3.60. The molecule has 30 heavy (non-hydrogen) atoms. The molecule has 4 aromatic rings. The minimum absolute atomic E-state index is 0.0974.